The highest BCUT2D eigenvalue weighted by atomic mass is 16.6. The average Bonchev–Trinajstić information content (AvgIpc) is 2.92. The van der Waals surface area contributed by atoms with Crippen molar-refractivity contribution in [2.24, 2.45) is 0 Å². The summed E-state index contributed by atoms with van der Waals surface area (Å²) in [7, 11) is 0. The Morgan fingerprint density at radius 1 is 1.04 bits per heavy atom. The van der Waals surface area contributed by atoms with Crippen LogP contribution in [0.4, 0.5) is 16.6 Å². The zero-order valence-corrected chi connectivity index (χ0v) is 14.5. The summed E-state index contributed by atoms with van der Waals surface area (Å²) in [5, 5.41) is 0. The summed E-state index contributed by atoms with van der Waals surface area (Å²) in [5.74, 6) is 1.79. The molecule has 132 valence electrons. The monoisotopic (exact) mass is 333 g/mol. The molecule has 2 saturated heterocycles. The normalized spacial score (nSPS) is 19.1. The smallest absolute Gasteiger partial charge is 0.409 e. The van der Waals surface area contributed by atoms with Gasteiger partial charge in [0, 0.05) is 45.5 Å². The molecule has 1 amide bonds. The molecule has 0 bridgehead atoms. The van der Waals surface area contributed by atoms with Gasteiger partial charge >= 0.3 is 6.09 Å². The maximum absolute atomic E-state index is 11.8. The van der Waals surface area contributed by atoms with Crippen molar-refractivity contribution in [1.82, 2.24) is 14.9 Å². The second-order valence-corrected chi connectivity index (χ2v) is 6.29. The van der Waals surface area contributed by atoms with Crippen LogP contribution in [0, 0.1) is 0 Å². The van der Waals surface area contributed by atoms with Crippen LogP contribution in [0.1, 0.15) is 32.6 Å². The second kappa shape index (κ2) is 8.17. The number of piperazine rings is 1. The number of aromatic nitrogens is 2. The Morgan fingerprint density at radius 2 is 1.75 bits per heavy atom. The van der Waals surface area contributed by atoms with Crippen LogP contribution < -0.4 is 9.80 Å². The van der Waals surface area contributed by atoms with E-state index in [2.05, 4.69) is 14.8 Å². The van der Waals surface area contributed by atoms with Crippen molar-refractivity contribution < 1.29 is 9.53 Å². The number of ether oxygens (including phenoxy) is 1. The Bertz CT molecular complexity index is 538. The van der Waals surface area contributed by atoms with E-state index in [1.165, 1.54) is 25.7 Å². The van der Waals surface area contributed by atoms with Crippen molar-refractivity contribution in [2.75, 3.05) is 55.7 Å². The zero-order valence-electron chi connectivity index (χ0n) is 14.5. The number of rotatable bonds is 3. The number of carbonyl (C=O) groups excluding carboxylic acids is 1. The average molecular weight is 333 g/mol. The highest BCUT2D eigenvalue weighted by Gasteiger charge is 2.23. The lowest BCUT2D eigenvalue weighted by molar-refractivity contribution is 0.105. The fourth-order valence-electron chi connectivity index (χ4n) is 3.27. The maximum Gasteiger partial charge on any atom is 0.409 e. The lowest BCUT2D eigenvalue weighted by atomic mass is 10.2. The van der Waals surface area contributed by atoms with Crippen molar-refractivity contribution in [3.63, 3.8) is 0 Å². The number of hydrogen-bond acceptors (Lipinski definition) is 6. The van der Waals surface area contributed by atoms with E-state index in [1.807, 2.05) is 19.2 Å². The van der Waals surface area contributed by atoms with Crippen molar-refractivity contribution in [2.45, 2.75) is 32.6 Å². The van der Waals surface area contributed by atoms with Crippen LogP contribution in [-0.4, -0.2) is 66.8 Å². The first-order valence-electron chi connectivity index (χ1n) is 9.02. The van der Waals surface area contributed by atoms with E-state index in [0.29, 0.717) is 19.7 Å². The Balaban J connectivity index is 1.61. The summed E-state index contributed by atoms with van der Waals surface area (Å²) in [6.07, 6.45) is 6.65. The highest BCUT2D eigenvalue weighted by Crippen LogP contribution is 2.19. The topological polar surface area (TPSA) is 61.8 Å². The number of hydrogen-bond donors (Lipinski definition) is 0. The van der Waals surface area contributed by atoms with Gasteiger partial charge in [0.25, 0.3) is 0 Å². The number of nitrogens with zero attached hydrogens (tertiary/aromatic N) is 5. The molecule has 2 aliphatic rings. The standard InChI is InChI=1S/C17H27N5O2/c1-2-24-17(23)22-13-11-20(12-14-22)15-7-8-18-16(19-15)21-9-5-3-4-6-10-21/h7-8H,2-6,9-14H2,1H3. The third-order valence-corrected chi connectivity index (χ3v) is 4.65. The molecular weight excluding hydrogens is 306 g/mol. The quantitative estimate of drug-likeness (QED) is 0.844. The summed E-state index contributed by atoms with van der Waals surface area (Å²) in [5.41, 5.74) is 0. The van der Waals surface area contributed by atoms with Crippen LogP contribution in [-0.2, 0) is 4.74 Å². The van der Waals surface area contributed by atoms with Gasteiger partial charge in [-0.15, -0.1) is 0 Å². The fraction of sp³-hybridized carbons (Fsp3) is 0.706. The molecule has 0 aromatic carbocycles. The van der Waals surface area contributed by atoms with Gasteiger partial charge in [-0.25, -0.2) is 9.78 Å². The molecule has 7 nitrogen and oxygen atoms in total. The Morgan fingerprint density at radius 3 is 2.42 bits per heavy atom. The van der Waals surface area contributed by atoms with E-state index in [0.717, 1.165) is 37.9 Å². The summed E-state index contributed by atoms with van der Waals surface area (Å²) in [6.45, 7) is 7.22. The van der Waals surface area contributed by atoms with E-state index in [9.17, 15) is 4.79 Å². The first-order chi connectivity index (χ1) is 11.8. The van der Waals surface area contributed by atoms with E-state index in [1.54, 1.807) is 4.90 Å². The number of amides is 1. The molecule has 2 aliphatic heterocycles. The van der Waals surface area contributed by atoms with E-state index >= 15 is 0 Å². The van der Waals surface area contributed by atoms with Crippen molar-refractivity contribution in [3.8, 4) is 0 Å². The predicted octanol–water partition coefficient (Wildman–Crippen LogP) is 2.14. The van der Waals surface area contributed by atoms with Gasteiger partial charge in [0.05, 0.1) is 6.61 Å². The molecule has 0 radical (unpaired) electrons. The highest BCUT2D eigenvalue weighted by molar-refractivity contribution is 5.68. The summed E-state index contributed by atoms with van der Waals surface area (Å²) >= 11 is 0. The molecule has 3 heterocycles. The largest absolute Gasteiger partial charge is 0.450 e. The third-order valence-electron chi connectivity index (χ3n) is 4.65. The molecule has 7 heteroatoms. The van der Waals surface area contributed by atoms with Gasteiger partial charge in [0.2, 0.25) is 5.95 Å². The van der Waals surface area contributed by atoms with Crippen LogP contribution in [0.3, 0.4) is 0 Å². The molecule has 1 aromatic rings. The van der Waals surface area contributed by atoms with Gasteiger partial charge in [0.1, 0.15) is 5.82 Å². The van der Waals surface area contributed by atoms with Crippen molar-refractivity contribution in [3.05, 3.63) is 12.3 Å². The van der Waals surface area contributed by atoms with Crippen LogP contribution in [0.5, 0.6) is 0 Å². The molecule has 3 rings (SSSR count). The Kier molecular flexibility index (Phi) is 5.72. The van der Waals surface area contributed by atoms with Gasteiger partial charge in [-0.3, -0.25) is 0 Å². The Labute approximate surface area is 143 Å². The lowest BCUT2D eigenvalue weighted by Crippen LogP contribution is -2.49. The molecular formula is C17H27N5O2. The number of anilines is 2. The predicted molar refractivity (Wildman–Crippen MR) is 93.5 cm³/mol. The fourth-order valence-corrected chi connectivity index (χ4v) is 3.27. The number of carbonyl (C=O) groups is 1. The zero-order chi connectivity index (χ0) is 16.8. The first kappa shape index (κ1) is 16.8. The van der Waals surface area contributed by atoms with Crippen LogP contribution in [0.25, 0.3) is 0 Å². The Hall–Kier alpha value is -2.05. The van der Waals surface area contributed by atoms with E-state index in [-0.39, 0.29) is 6.09 Å². The van der Waals surface area contributed by atoms with Gasteiger partial charge in [-0.1, -0.05) is 12.8 Å². The lowest BCUT2D eigenvalue weighted by Gasteiger charge is -2.35. The van der Waals surface area contributed by atoms with E-state index in [4.69, 9.17) is 9.72 Å². The van der Waals surface area contributed by atoms with Crippen LogP contribution in [0.2, 0.25) is 0 Å². The molecule has 1 aromatic heterocycles. The summed E-state index contributed by atoms with van der Waals surface area (Å²) < 4.78 is 5.07. The van der Waals surface area contributed by atoms with Gasteiger partial charge in [0.15, 0.2) is 0 Å². The third kappa shape index (κ3) is 4.07. The molecule has 0 N–H and O–H groups in total. The maximum atomic E-state index is 11.8. The summed E-state index contributed by atoms with van der Waals surface area (Å²) in [6, 6.07) is 1.96. The van der Waals surface area contributed by atoms with E-state index < -0.39 is 0 Å². The minimum Gasteiger partial charge on any atom is -0.450 e. The minimum atomic E-state index is -0.218. The molecule has 0 atom stereocenters. The molecule has 0 unspecified atom stereocenters. The van der Waals surface area contributed by atoms with Crippen LogP contribution >= 0.6 is 0 Å². The van der Waals surface area contributed by atoms with Gasteiger partial charge in [-0.2, -0.15) is 4.98 Å². The molecule has 0 saturated carbocycles. The molecule has 24 heavy (non-hydrogen) atoms. The molecule has 2 fully saturated rings. The first-order valence-corrected chi connectivity index (χ1v) is 9.02. The molecule has 0 aliphatic carbocycles. The van der Waals surface area contributed by atoms with Gasteiger partial charge < -0.3 is 19.4 Å². The van der Waals surface area contributed by atoms with Crippen molar-refractivity contribution in [1.29, 1.82) is 0 Å². The second-order valence-electron chi connectivity index (χ2n) is 6.29. The van der Waals surface area contributed by atoms with Crippen LogP contribution in [0.15, 0.2) is 12.3 Å². The van der Waals surface area contributed by atoms with Crippen molar-refractivity contribution >= 4 is 17.9 Å². The SMILES string of the molecule is CCOC(=O)N1CCN(c2ccnc(N3CCCCCC3)n2)CC1. The summed E-state index contributed by atoms with van der Waals surface area (Å²) in [4.78, 5) is 27.3. The minimum absolute atomic E-state index is 0.218. The van der Waals surface area contributed by atoms with Gasteiger partial charge in [-0.05, 0) is 25.8 Å². The molecule has 0 spiro atoms.